The Balaban J connectivity index is 1.52. The van der Waals surface area contributed by atoms with E-state index in [2.05, 4.69) is 10.1 Å². The monoisotopic (exact) mass is 371 g/mol. The Kier molecular flexibility index (Phi) is 4.89. The maximum atomic E-state index is 13.0. The third-order valence-electron chi connectivity index (χ3n) is 5.30. The Labute approximate surface area is 156 Å². The van der Waals surface area contributed by atoms with Gasteiger partial charge in [0, 0.05) is 18.0 Å². The molecule has 0 spiro atoms. The number of benzene rings is 1. The number of amides is 1. The number of aliphatic carboxylic acids is 1. The van der Waals surface area contributed by atoms with Crippen LogP contribution >= 0.6 is 0 Å². The summed E-state index contributed by atoms with van der Waals surface area (Å²) in [6, 6.07) is 9.01. The van der Waals surface area contributed by atoms with Crippen LogP contribution in [0.5, 0.6) is 0 Å². The van der Waals surface area contributed by atoms with Gasteiger partial charge in [-0.2, -0.15) is 4.98 Å². The molecule has 2 aromatic rings. The first-order valence-electron chi connectivity index (χ1n) is 9.13. The Morgan fingerprint density at radius 3 is 2.67 bits per heavy atom. The number of carbonyl (C=O) groups excluding carboxylic acids is 1. The van der Waals surface area contributed by atoms with Gasteiger partial charge >= 0.3 is 5.97 Å². The number of carboxylic acid groups (broad SMARTS) is 1. The van der Waals surface area contributed by atoms with Crippen LogP contribution in [0.25, 0.3) is 11.5 Å². The van der Waals surface area contributed by atoms with E-state index in [1.807, 2.05) is 30.3 Å². The molecule has 3 atom stereocenters. The van der Waals surface area contributed by atoms with Gasteiger partial charge in [-0.05, 0) is 31.4 Å². The summed E-state index contributed by atoms with van der Waals surface area (Å²) in [5, 5.41) is 13.3. The smallest absolute Gasteiger partial charge is 0.306 e. The van der Waals surface area contributed by atoms with Crippen LogP contribution in [0, 0.1) is 11.8 Å². The zero-order valence-corrected chi connectivity index (χ0v) is 14.8. The predicted molar refractivity (Wildman–Crippen MR) is 93.5 cm³/mol. The van der Waals surface area contributed by atoms with Crippen LogP contribution in [-0.4, -0.2) is 51.8 Å². The summed E-state index contributed by atoms with van der Waals surface area (Å²) in [6.45, 7) is 1.18. The molecule has 27 heavy (non-hydrogen) atoms. The lowest BCUT2D eigenvalue weighted by atomic mass is 10.0. The number of carboxylic acids is 1. The van der Waals surface area contributed by atoms with Crippen LogP contribution in [-0.2, 0) is 14.3 Å². The number of aromatic nitrogens is 2. The van der Waals surface area contributed by atoms with Crippen LogP contribution in [0.2, 0.25) is 0 Å². The predicted octanol–water partition coefficient (Wildman–Crippen LogP) is 2.14. The second-order valence-corrected chi connectivity index (χ2v) is 6.99. The molecule has 142 valence electrons. The van der Waals surface area contributed by atoms with Gasteiger partial charge in [0.2, 0.25) is 5.91 Å². The normalized spacial score (nSPS) is 25.5. The van der Waals surface area contributed by atoms with Gasteiger partial charge in [0.05, 0.1) is 19.1 Å². The first-order valence-corrected chi connectivity index (χ1v) is 9.13. The molecule has 0 bridgehead atoms. The quantitative estimate of drug-likeness (QED) is 0.877. The third kappa shape index (κ3) is 3.57. The molecule has 2 heterocycles. The highest BCUT2D eigenvalue weighted by molar-refractivity contribution is 5.81. The first kappa shape index (κ1) is 17.7. The van der Waals surface area contributed by atoms with E-state index in [0.717, 1.165) is 5.56 Å². The summed E-state index contributed by atoms with van der Waals surface area (Å²) in [7, 11) is 0. The average molecular weight is 371 g/mol. The van der Waals surface area contributed by atoms with Crippen LogP contribution < -0.4 is 0 Å². The second-order valence-electron chi connectivity index (χ2n) is 6.99. The molecule has 1 aromatic carbocycles. The van der Waals surface area contributed by atoms with E-state index in [1.54, 1.807) is 4.90 Å². The molecule has 0 radical (unpaired) electrons. The van der Waals surface area contributed by atoms with Gasteiger partial charge in [0.1, 0.15) is 6.04 Å². The van der Waals surface area contributed by atoms with Crippen molar-refractivity contribution in [3.63, 3.8) is 0 Å². The maximum absolute atomic E-state index is 13.0. The average Bonchev–Trinajstić information content (AvgIpc) is 3.38. The summed E-state index contributed by atoms with van der Waals surface area (Å²) in [6.07, 6.45) is 1.53. The van der Waals surface area contributed by atoms with Gasteiger partial charge in [0.25, 0.3) is 5.89 Å². The first-order chi connectivity index (χ1) is 13.1. The summed E-state index contributed by atoms with van der Waals surface area (Å²) in [5.74, 6) is -0.766. The molecule has 2 fully saturated rings. The fraction of sp³-hybridized carbons (Fsp3) is 0.474. The molecular formula is C19H21N3O5. The molecule has 8 nitrogen and oxygen atoms in total. The van der Waals surface area contributed by atoms with E-state index in [1.165, 1.54) is 0 Å². The Bertz CT molecular complexity index is 822. The molecular weight excluding hydrogens is 350 g/mol. The van der Waals surface area contributed by atoms with Gasteiger partial charge in [-0.3, -0.25) is 9.59 Å². The van der Waals surface area contributed by atoms with Crippen molar-refractivity contribution >= 4 is 11.9 Å². The second kappa shape index (κ2) is 7.48. The Hall–Kier alpha value is -2.74. The van der Waals surface area contributed by atoms with Gasteiger partial charge in [-0.25, -0.2) is 0 Å². The van der Waals surface area contributed by atoms with Crippen LogP contribution in [0.4, 0.5) is 0 Å². The van der Waals surface area contributed by atoms with Gasteiger partial charge in [-0.1, -0.05) is 23.4 Å². The standard InChI is InChI=1S/C19H21N3O5/c23-18(13-6-7-14(10-13)19(24)25)22-8-9-26-11-15(22)16-20-17(27-21-16)12-4-2-1-3-5-12/h1-5,13-15H,6-11H2,(H,24,25)/t13-,14+,15?/m0/s1. The molecule has 1 amide bonds. The minimum atomic E-state index is -0.825. The Morgan fingerprint density at radius 1 is 1.15 bits per heavy atom. The molecule has 1 aliphatic heterocycles. The molecule has 1 aromatic heterocycles. The summed E-state index contributed by atoms with van der Waals surface area (Å²) >= 11 is 0. The van der Waals surface area contributed by atoms with Crippen molar-refractivity contribution in [2.45, 2.75) is 25.3 Å². The van der Waals surface area contributed by atoms with E-state index >= 15 is 0 Å². The Morgan fingerprint density at radius 2 is 1.93 bits per heavy atom. The topological polar surface area (TPSA) is 106 Å². The SMILES string of the molecule is O=C(O)[C@@H]1CC[C@H](C(=O)N2CCOCC2c2noc(-c3ccccc3)n2)C1. The highest BCUT2D eigenvalue weighted by Crippen LogP contribution is 2.35. The zero-order valence-electron chi connectivity index (χ0n) is 14.8. The van der Waals surface area contributed by atoms with E-state index in [-0.39, 0.29) is 11.8 Å². The fourth-order valence-electron chi connectivity index (χ4n) is 3.81. The van der Waals surface area contributed by atoms with E-state index in [4.69, 9.17) is 9.26 Å². The lowest BCUT2D eigenvalue weighted by molar-refractivity contribution is -0.145. The van der Waals surface area contributed by atoms with Gasteiger partial charge in [0.15, 0.2) is 5.82 Å². The summed E-state index contributed by atoms with van der Waals surface area (Å²) < 4.78 is 10.9. The molecule has 1 aliphatic carbocycles. The number of carbonyl (C=O) groups is 2. The lowest BCUT2D eigenvalue weighted by Crippen LogP contribution is -2.46. The number of nitrogens with zero attached hydrogens (tertiary/aromatic N) is 3. The van der Waals surface area contributed by atoms with Crippen molar-refractivity contribution < 1.29 is 24.0 Å². The van der Waals surface area contributed by atoms with E-state index in [0.29, 0.717) is 50.7 Å². The van der Waals surface area contributed by atoms with Crippen molar-refractivity contribution in [2.75, 3.05) is 19.8 Å². The highest BCUT2D eigenvalue weighted by atomic mass is 16.5. The van der Waals surface area contributed by atoms with Gasteiger partial charge < -0.3 is 19.3 Å². The maximum Gasteiger partial charge on any atom is 0.306 e. The van der Waals surface area contributed by atoms with Crippen molar-refractivity contribution in [1.82, 2.24) is 15.0 Å². The zero-order chi connectivity index (χ0) is 18.8. The summed E-state index contributed by atoms with van der Waals surface area (Å²) in [4.78, 5) is 30.4. The van der Waals surface area contributed by atoms with E-state index < -0.39 is 17.9 Å². The largest absolute Gasteiger partial charge is 0.481 e. The van der Waals surface area contributed by atoms with Crippen molar-refractivity contribution in [3.05, 3.63) is 36.2 Å². The molecule has 1 unspecified atom stereocenters. The van der Waals surface area contributed by atoms with Gasteiger partial charge in [-0.15, -0.1) is 0 Å². The highest BCUT2D eigenvalue weighted by Gasteiger charge is 2.40. The third-order valence-corrected chi connectivity index (χ3v) is 5.30. The number of hydrogen-bond donors (Lipinski definition) is 1. The van der Waals surface area contributed by atoms with Crippen LogP contribution in [0.1, 0.15) is 31.1 Å². The van der Waals surface area contributed by atoms with Crippen molar-refractivity contribution in [2.24, 2.45) is 11.8 Å². The fourth-order valence-corrected chi connectivity index (χ4v) is 3.81. The number of hydrogen-bond acceptors (Lipinski definition) is 6. The number of morpholine rings is 1. The van der Waals surface area contributed by atoms with Crippen molar-refractivity contribution in [3.8, 4) is 11.5 Å². The lowest BCUT2D eigenvalue weighted by Gasteiger charge is -2.35. The molecule has 8 heteroatoms. The minimum absolute atomic E-state index is 0.0434. The van der Waals surface area contributed by atoms with Crippen LogP contribution in [0.15, 0.2) is 34.9 Å². The van der Waals surface area contributed by atoms with Crippen LogP contribution in [0.3, 0.4) is 0 Å². The summed E-state index contributed by atoms with van der Waals surface area (Å²) in [5.41, 5.74) is 0.811. The van der Waals surface area contributed by atoms with Crippen molar-refractivity contribution in [1.29, 1.82) is 0 Å². The molecule has 1 saturated heterocycles. The molecule has 2 aliphatic rings. The minimum Gasteiger partial charge on any atom is -0.481 e. The molecule has 1 saturated carbocycles. The molecule has 1 N–H and O–H groups in total. The number of rotatable bonds is 4. The molecule has 4 rings (SSSR count). The van der Waals surface area contributed by atoms with E-state index in [9.17, 15) is 14.7 Å². The number of ether oxygens (including phenoxy) is 1.